The highest BCUT2D eigenvalue weighted by atomic mass is 32.1. The molecule has 0 fully saturated rings. The minimum absolute atomic E-state index is 0.201. The molecule has 140 valence electrons. The minimum Gasteiger partial charge on any atom is -0.365 e. The Morgan fingerprint density at radius 3 is 2.63 bits per heavy atom. The van der Waals surface area contributed by atoms with Gasteiger partial charge >= 0.3 is 0 Å². The molecule has 0 bridgehead atoms. The number of aromatic nitrogens is 3. The lowest BCUT2D eigenvalue weighted by Gasteiger charge is -2.17. The van der Waals surface area contributed by atoms with E-state index in [1.807, 2.05) is 42.9 Å². The standard InChI is InChI=1S/C19H21N5O2S/c1-11(2)24-10-21-23-18(24)12(3)22-19(26)14-6-4-5-13(7-14)15-8-16(17(20)25)27-9-15/h4-12H,1-3H3,(H2,20,25)(H,22,26). The van der Waals surface area contributed by atoms with Crippen molar-refractivity contribution in [2.45, 2.75) is 32.9 Å². The van der Waals surface area contributed by atoms with Gasteiger partial charge in [-0.1, -0.05) is 12.1 Å². The van der Waals surface area contributed by atoms with Crippen LogP contribution in [0, 0.1) is 0 Å². The van der Waals surface area contributed by atoms with Crippen LogP contribution >= 0.6 is 11.3 Å². The van der Waals surface area contributed by atoms with Gasteiger partial charge in [0.15, 0.2) is 5.82 Å². The fraction of sp³-hybridized carbons (Fsp3) is 0.263. The van der Waals surface area contributed by atoms with Gasteiger partial charge in [0.05, 0.1) is 10.9 Å². The molecule has 1 unspecified atom stereocenters. The predicted molar refractivity (Wildman–Crippen MR) is 105 cm³/mol. The number of amides is 2. The van der Waals surface area contributed by atoms with Crippen molar-refractivity contribution >= 4 is 23.2 Å². The van der Waals surface area contributed by atoms with Gasteiger partial charge in [-0.2, -0.15) is 0 Å². The Morgan fingerprint density at radius 1 is 1.19 bits per heavy atom. The van der Waals surface area contributed by atoms with Crippen molar-refractivity contribution < 1.29 is 9.59 Å². The number of nitrogens with two attached hydrogens (primary N) is 1. The van der Waals surface area contributed by atoms with Gasteiger partial charge in [0.1, 0.15) is 6.33 Å². The average molecular weight is 383 g/mol. The smallest absolute Gasteiger partial charge is 0.258 e. The third kappa shape index (κ3) is 4.06. The second kappa shape index (κ2) is 7.71. The molecule has 2 aromatic heterocycles. The average Bonchev–Trinajstić information content (AvgIpc) is 3.31. The second-order valence-corrected chi connectivity index (χ2v) is 7.44. The SMILES string of the molecule is CC(NC(=O)c1cccc(-c2csc(C(N)=O)c2)c1)c1nncn1C(C)C. The zero-order valence-electron chi connectivity index (χ0n) is 15.3. The van der Waals surface area contributed by atoms with Crippen LogP contribution < -0.4 is 11.1 Å². The molecule has 2 heterocycles. The molecule has 0 aliphatic heterocycles. The Labute approximate surface area is 161 Å². The first-order valence-corrected chi connectivity index (χ1v) is 9.44. The van der Waals surface area contributed by atoms with Crippen LogP contribution in [-0.4, -0.2) is 26.6 Å². The van der Waals surface area contributed by atoms with Crippen LogP contribution in [0.25, 0.3) is 11.1 Å². The number of carbonyl (C=O) groups excluding carboxylic acids is 2. The highest BCUT2D eigenvalue weighted by molar-refractivity contribution is 7.12. The third-order valence-corrected chi connectivity index (χ3v) is 5.14. The number of carbonyl (C=O) groups is 2. The lowest BCUT2D eigenvalue weighted by atomic mass is 10.0. The van der Waals surface area contributed by atoms with Crippen molar-refractivity contribution in [1.82, 2.24) is 20.1 Å². The molecule has 0 saturated heterocycles. The summed E-state index contributed by atoms with van der Waals surface area (Å²) in [5.41, 5.74) is 7.55. The first-order valence-electron chi connectivity index (χ1n) is 8.56. The first kappa shape index (κ1) is 18.8. The van der Waals surface area contributed by atoms with Crippen molar-refractivity contribution in [3.05, 3.63) is 58.3 Å². The number of thiophene rings is 1. The molecular weight excluding hydrogens is 362 g/mol. The predicted octanol–water partition coefficient (Wildman–Crippen LogP) is 3.18. The van der Waals surface area contributed by atoms with Gasteiger partial charge in [0.25, 0.3) is 11.8 Å². The second-order valence-electron chi connectivity index (χ2n) is 6.53. The van der Waals surface area contributed by atoms with Gasteiger partial charge < -0.3 is 15.6 Å². The maximum atomic E-state index is 12.7. The molecule has 1 atom stereocenters. The maximum Gasteiger partial charge on any atom is 0.258 e. The first-order chi connectivity index (χ1) is 12.9. The van der Waals surface area contributed by atoms with E-state index in [9.17, 15) is 9.59 Å². The van der Waals surface area contributed by atoms with E-state index in [0.29, 0.717) is 16.3 Å². The molecule has 0 spiro atoms. The summed E-state index contributed by atoms with van der Waals surface area (Å²) in [6, 6.07) is 8.90. The lowest BCUT2D eigenvalue weighted by molar-refractivity contribution is 0.0936. The number of hydrogen-bond donors (Lipinski definition) is 2. The molecule has 8 heteroatoms. The molecule has 1 aromatic carbocycles. The van der Waals surface area contributed by atoms with Gasteiger partial charge in [-0.25, -0.2) is 0 Å². The molecule has 3 aromatic rings. The Balaban J connectivity index is 1.79. The van der Waals surface area contributed by atoms with Crippen molar-refractivity contribution in [3.63, 3.8) is 0 Å². The number of hydrogen-bond acceptors (Lipinski definition) is 5. The summed E-state index contributed by atoms with van der Waals surface area (Å²) < 4.78 is 1.93. The highest BCUT2D eigenvalue weighted by Gasteiger charge is 2.18. The van der Waals surface area contributed by atoms with Crippen molar-refractivity contribution in [2.24, 2.45) is 5.73 Å². The Kier molecular flexibility index (Phi) is 5.36. The maximum absolute atomic E-state index is 12.7. The Morgan fingerprint density at radius 2 is 1.96 bits per heavy atom. The van der Waals surface area contributed by atoms with Crippen molar-refractivity contribution in [3.8, 4) is 11.1 Å². The molecule has 7 nitrogen and oxygen atoms in total. The number of nitrogens with zero attached hydrogens (tertiary/aromatic N) is 3. The topological polar surface area (TPSA) is 103 Å². The van der Waals surface area contributed by atoms with E-state index in [4.69, 9.17) is 5.73 Å². The van der Waals surface area contributed by atoms with Crippen LogP contribution in [-0.2, 0) is 0 Å². The third-order valence-electron chi connectivity index (χ3n) is 4.19. The summed E-state index contributed by atoms with van der Waals surface area (Å²) >= 11 is 1.29. The van der Waals surface area contributed by atoms with Crippen LogP contribution in [0.3, 0.4) is 0 Å². The minimum atomic E-state index is -0.455. The molecule has 0 aliphatic carbocycles. The number of benzene rings is 1. The molecule has 0 aliphatic rings. The van der Waals surface area contributed by atoms with E-state index >= 15 is 0 Å². The van der Waals surface area contributed by atoms with Crippen LogP contribution in [0.4, 0.5) is 0 Å². The summed E-state index contributed by atoms with van der Waals surface area (Å²) in [5, 5.41) is 12.9. The van der Waals surface area contributed by atoms with Gasteiger partial charge in [-0.3, -0.25) is 9.59 Å². The van der Waals surface area contributed by atoms with Gasteiger partial charge in [0.2, 0.25) is 0 Å². The zero-order chi connectivity index (χ0) is 19.6. The Hall–Kier alpha value is -3.00. The highest BCUT2D eigenvalue weighted by Crippen LogP contribution is 2.26. The van der Waals surface area contributed by atoms with E-state index in [0.717, 1.165) is 11.1 Å². The summed E-state index contributed by atoms with van der Waals surface area (Å²) in [6.45, 7) is 5.95. The van der Waals surface area contributed by atoms with E-state index in [1.54, 1.807) is 24.5 Å². The summed E-state index contributed by atoms with van der Waals surface area (Å²) in [6.07, 6.45) is 1.66. The van der Waals surface area contributed by atoms with Crippen molar-refractivity contribution in [2.75, 3.05) is 0 Å². The summed E-state index contributed by atoms with van der Waals surface area (Å²) in [4.78, 5) is 24.5. The number of nitrogens with one attached hydrogen (secondary N) is 1. The molecule has 0 radical (unpaired) electrons. The zero-order valence-corrected chi connectivity index (χ0v) is 16.2. The number of primary amides is 1. The van der Waals surface area contributed by atoms with Crippen LogP contribution in [0.1, 0.15) is 58.7 Å². The van der Waals surface area contributed by atoms with Gasteiger partial charge in [-0.05, 0) is 55.5 Å². The molecule has 3 rings (SSSR count). The molecule has 2 amide bonds. The van der Waals surface area contributed by atoms with E-state index in [2.05, 4.69) is 15.5 Å². The van der Waals surface area contributed by atoms with Gasteiger partial charge in [-0.15, -0.1) is 21.5 Å². The fourth-order valence-electron chi connectivity index (χ4n) is 2.76. The van der Waals surface area contributed by atoms with E-state index in [1.165, 1.54) is 11.3 Å². The monoisotopic (exact) mass is 383 g/mol. The van der Waals surface area contributed by atoms with Crippen LogP contribution in [0.15, 0.2) is 42.0 Å². The van der Waals surface area contributed by atoms with Crippen LogP contribution in [0.5, 0.6) is 0 Å². The molecular formula is C19H21N5O2S. The summed E-state index contributed by atoms with van der Waals surface area (Å²) in [7, 11) is 0. The molecule has 27 heavy (non-hydrogen) atoms. The molecule has 0 saturated carbocycles. The van der Waals surface area contributed by atoms with Crippen LogP contribution in [0.2, 0.25) is 0 Å². The Bertz CT molecular complexity index is 976. The quantitative estimate of drug-likeness (QED) is 0.682. The van der Waals surface area contributed by atoms with Crippen molar-refractivity contribution in [1.29, 1.82) is 0 Å². The number of rotatable bonds is 6. The fourth-order valence-corrected chi connectivity index (χ4v) is 3.53. The summed E-state index contributed by atoms with van der Waals surface area (Å²) in [5.74, 6) is 0.0506. The van der Waals surface area contributed by atoms with Gasteiger partial charge in [0, 0.05) is 11.6 Å². The van der Waals surface area contributed by atoms with E-state index < -0.39 is 5.91 Å². The lowest BCUT2D eigenvalue weighted by Crippen LogP contribution is -2.29. The molecule has 3 N–H and O–H groups in total. The largest absolute Gasteiger partial charge is 0.365 e. The van der Waals surface area contributed by atoms with E-state index in [-0.39, 0.29) is 18.0 Å². The normalized spacial score (nSPS) is 12.1.